The monoisotopic (exact) mass is 100 g/mol. The van der Waals surface area contributed by atoms with Crippen LogP contribution in [0, 0.1) is 0 Å². The first-order chi connectivity index (χ1) is 3.43. The Balaban J connectivity index is 2.22. The van der Waals surface area contributed by atoms with E-state index in [1.54, 1.807) is 0 Å². The number of hydrogen-bond donors (Lipinski definition) is 1. The van der Waals surface area contributed by atoms with Gasteiger partial charge >= 0.3 is 0 Å². The second kappa shape index (κ2) is 1.93. The average Bonchev–Trinajstić information content (AvgIpc) is 2.14. The summed E-state index contributed by atoms with van der Waals surface area (Å²) >= 11 is 0. The molecule has 0 saturated heterocycles. The van der Waals surface area contributed by atoms with Crippen LogP contribution in [0.3, 0.4) is 0 Å². The second-order valence-corrected chi connectivity index (χ2v) is 1.35. The molecule has 1 rings (SSSR count). The largest absolute Gasteiger partial charge is 0.466 e. The molecule has 0 bridgehead atoms. The van der Waals surface area contributed by atoms with Crippen LogP contribution in [0.1, 0.15) is 0 Å². The van der Waals surface area contributed by atoms with Crippen LogP contribution in [-0.2, 0) is 4.74 Å². The number of aliphatic hydroxyl groups excluding tert-OH is 1. The quantitative estimate of drug-likeness (QED) is 0.472. The lowest BCUT2D eigenvalue weighted by Gasteiger charge is -1.99. The Bertz CT molecular complexity index is 73.8. The summed E-state index contributed by atoms with van der Waals surface area (Å²) in [6.45, 7) is 0.590. The van der Waals surface area contributed by atoms with E-state index >= 15 is 0 Å². The number of rotatable bonds is 1. The number of aliphatic imine (C=N–C) groups is 1. The smallest absolute Gasteiger partial charge is 0.273 e. The van der Waals surface area contributed by atoms with E-state index in [1.165, 1.54) is 0 Å². The van der Waals surface area contributed by atoms with E-state index in [-0.39, 0.29) is 12.7 Å². The zero-order chi connectivity index (χ0) is 5.11. The molecule has 1 unspecified atom stereocenters. The van der Waals surface area contributed by atoms with Gasteiger partial charge in [-0.2, -0.15) is 0 Å². The van der Waals surface area contributed by atoms with Crippen molar-refractivity contribution >= 4 is 6.40 Å². The van der Waals surface area contributed by atoms with Crippen LogP contribution in [-0.4, -0.2) is 30.8 Å². The lowest BCUT2D eigenvalue weighted by atomic mass is 10.4. The highest BCUT2D eigenvalue weighted by Crippen LogP contribution is 1.94. The summed E-state index contributed by atoms with van der Waals surface area (Å²) in [7, 11) is 0. The predicted molar refractivity (Wildman–Crippen MR) is 24.3 cm³/mol. The number of ether oxygens (including phenoxy) is 1. The fourth-order valence-electron chi connectivity index (χ4n) is 0.383. The Morgan fingerprint density at radius 1 is 2.00 bits per heavy atom. The van der Waals surface area contributed by atoms with Gasteiger partial charge in [0.25, 0.3) is 6.40 Å². The van der Waals surface area contributed by atoms with Crippen LogP contribution < -0.4 is 0 Å². The first-order valence-corrected chi connectivity index (χ1v) is 2.11. The molecule has 7 heavy (non-hydrogen) atoms. The van der Waals surface area contributed by atoms with Gasteiger partial charge in [0.05, 0.1) is 13.2 Å². The van der Waals surface area contributed by atoms with Gasteiger partial charge in [-0.05, 0) is 0 Å². The van der Waals surface area contributed by atoms with Crippen LogP contribution in [0.5, 0.6) is 0 Å². The van der Waals surface area contributed by atoms with Crippen molar-refractivity contribution in [2.24, 2.45) is 4.99 Å². The first-order valence-electron chi connectivity index (χ1n) is 2.11. The van der Waals surface area contributed by atoms with E-state index in [2.05, 4.69) is 16.1 Å². The molecular weight excluding hydrogens is 94.0 g/mol. The summed E-state index contributed by atoms with van der Waals surface area (Å²) in [6.07, 6.45) is 2.16. The fraction of sp³-hybridized carbons (Fsp3) is 0.750. The van der Waals surface area contributed by atoms with Gasteiger partial charge in [0.1, 0.15) is 6.10 Å². The van der Waals surface area contributed by atoms with Crippen molar-refractivity contribution in [3.05, 3.63) is 0 Å². The molecule has 1 N–H and O–H groups in total. The topological polar surface area (TPSA) is 41.8 Å². The molecular formula is C4H6NO2. The molecule has 0 amide bonds. The summed E-state index contributed by atoms with van der Waals surface area (Å²) in [5, 5.41) is 8.34. The van der Waals surface area contributed by atoms with Gasteiger partial charge in [0, 0.05) is 0 Å². The second-order valence-electron chi connectivity index (χ2n) is 1.35. The van der Waals surface area contributed by atoms with E-state index < -0.39 is 0 Å². The van der Waals surface area contributed by atoms with Crippen molar-refractivity contribution in [1.82, 2.24) is 0 Å². The minimum atomic E-state index is -0.125. The lowest BCUT2D eigenvalue weighted by Crippen LogP contribution is -2.14. The summed E-state index contributed by atoms with van der Waals surface area (Å²) in [5.74, 6) is 0. The number of aliphatic hydroxyl groups is 1. The summed E-state index contributed by atoms with van der Waals surface area (Å²) in [6, 6.07) is 0. The number of hydrogen-bond acceptors (Lipinski definition) is 3. The summed E-state index contributed by atoms with van der Waals surface area (Å²) < 4.78 is 4.64. The van der Waals surface area contributed by atoms with Crippen LogP contribution in [0.4, 0.5) is 0 Å². The molecule has 1 aliphatic rings. The molecule has 0 aliphatic carbocycles. The molecule has 3 nitrogen and oxygen atoms in total. The Morgan fingerprint density at radius 3 is 3.14 bits per heavy atom. The van der Waals surface area contributed by atoms with Crippen molar-refractivity contribution in [3.8, 4) is 0 Å². The Kier molecular flexibility index (Phi) is 1.26. The molecule has 39 valence electrons. The van der Waals surface area contributed by atoms with E-state index in [0.29, 0.717) is 6.54 Å². The minimum absolute atomic E-state index is 0.0382. The molecule has 1 aliphatic heterocycles. The lowest BCUT2D eigenvalue weighted by molar-refractivity contribution is 0.134. The van der Waals surface area contributed by atoms with E-state index in [1.807, 2.05) is 0 Å². The molecule has 0 aromatic rings. The predicted octanol–water partition coefficient (Wildman–Crippen LogP) is -0.717. The van der Waals surface area contributed by atoms with Gasteiger partial charge in [-0.15, -0.1) is 0 Å². The van der Waals surface area contributed by atoms with Crippen LogP contribution >= 0.6 is 0 Å². The molecule has 1 heterocycles. The molecule has 1 atom stereocenters. The third-order valence-corrected chi connectivity index (χ3v) is 0.782. The van der Waals surface area contributed by atoms with Gasteiger partial charge < -0.3 is 9.84 Å². The standard InChI is InChI=1S/C4H6NO2/c6-2-4-1-5-3-7-4/h4,6H,1-2H2. The van der Waals surface area contributed by atoms with Crippen LogP contribution in [0.15, 0.2) is 4.99 Å². The van der Waals surface area contributed by atoms with E-state index in [4.69, 9.17) is 5.11 Å². The zero-order valence-corrected chi connectivity index (χ0v) is 3.79. The van der Waals surface area contributed by atoms with Gasteiger partial charge in [-0.25, -0.2) is 4.99 Å². The minimum Gasteiger partial charge on any atom is -0.466 e. The highest BCUT2D eigenvalue weighted by Gasteiger charge is 2.09. The highest BCUT2D eigenvalue weighted by atomic mass is 16.5. The van der Waals surface area contributed by atoms with Crippen molar-refractivity contribution in [2.75, 3.05) is 13.2 Å². The molecule has 0 saturated carbocycles. The zero-order valence-electron chi connectivity index (χ0n) is 3.79. The Labute approximate surface area is 41.6 Å². The summed E-state index contributed by atoms with van der Waals surface area (Å²) in [5.41, 5.74) is 0. The summed E-state index contributed by atoms with van der Waals surface area (Å²) in [4.78, 5) is 3.60. The fourth-order valence-corrected chi connectivity index (χ4v) is 0.383. The SMILES string of the molecule is OCC1CN=[C]O1. The average molecular weight is 100 g/mol. The first kappa shape index (κ1) is 4.59. The van der Waals surface area contributed by atoms with E-state index in [9.17, 15) is 0 Å². The Morgan fingerprint density at radius 2 is 2.86 bits per heavy atom. The molecule has 0 aromatic carbocycles. The van der Waals surface area contributed by atoms with Gasteiger partial charge in [0.2, 0.25) is 0 Å². The maximum atomic E-state index is 8.34. The third-order valence-electron chi connectivity index (χ3n) is 0.782. The molecule has 0 fully saturated rings. The van der Waals surface area contributed by atoms with Gasteiger partial charge in [0.15, 0.2) is 0 Å². The number of nitrogens with zero attached hydrogens (tertiary/aromatic N) is 1. The van der Waals surface area contributed by atoms with Gasteiger partial charge in [-0.1, -0.05) is 0 Å². The van der Waals surface area contributed by atoms with Crippen LogP contribution in [0.25, 0.3) is 0 Å². The van der Waals surface area contributed by atoms with Crippen molar-refractivity contribution < 1.29 is 9.84 Å². The van der Waals surface area contributed by atoms with Crippen molar-refractivity contribution in [1.29, 1.82) is 0 Å². The maximum absolute atomic E-state index is 8.34. The van der Waals surface area contributed by atoms with Gasteiger partial charge in [-0.3, -0.25) is 0 Å². The molecule has 1 radical (unpaired) electrons. The highest BCUT2D eigenvalue weighted by molar-refractivity contribution is 5.48. The van der Waals surface area contributed by atoms with Crippen molar-refractivity contribution in [2.45, 2.75) is 6.10 Å². The Hall–Kier alpha value is -0.570. The molecule has 3 heteroatoms. The third kappa shape index (κ3) is 0.899. The van der Waals surface area contributed by atoms with E-state index in [0.717, 1.165) is 0 Å². The molecule has 0 aromatic heterocycles. The van der Waals surface area contributed by atoms with Crippen LogP contribution in [0.2, 0.25) is 0 Å². The molecule has 0 spiro atoms. The normalized spacial score (nSPS) is 27.9. The van der Waals surface area contributed by atoms with Crippen molar-refractivity contribution in [3.63, 3.8) is 0 Å². The maximum Gasteiger partial charge on any atom is 0.273 e.